The molecule has 3 aromatic rings. The van der Waals surface area contributed by atoms with E-state index >= 15 is 0 Å². The van der Waals surface area contributed by atoms with Crippen molar-refractivity contribution in [1.29, 1.82) is 0 Å². The summed E-state index contributed by atoms with van der Waals surface area (Å²) in [4.78, 5) is 17.2. The molecule has 31 heavy (non-hydrogen) atoms. The number of nitrogens with zero attached hydrogens (tertiary/aromatic N) is 4. The van der Waals surface area contributed by atoms with Crippen LogP contribution in [0.1, 0.15) is 5.69 Å². The second kappa shape index (κ2) is 7.76. The first-order valence-electron chi connectivity index (χ1n) is 9.20. The molecule has 0 saturated carbocycles. The van der Waals surface area contributed by atoms with Gasteiger partial charge in [-0.25, -0.2) is 9.78 Å². The third-order valence-corrected chi connectivity index (χ3v) is 5.61. The van der Waals surface area contributed by atoms with Crippen molar-refractivity contribution in [2.24, 2.45) is 0 Å². The minimum absolute atomic E-state index is 0.165. The van der Waals surface area contributed by atoms with Gasteiger partial charge in [0.15, 0.2) is 0 Å². The summed E-state index contributed by atoms with van der Waals surface area (Å²) >= 11 is 12.1. The van der Waals surface area contributed by atoms with Crippen LogP contribution in [0.25, 0.3) is 10.9 Å². The van der Waals surface area contributed by atoms with Gasteiger partial charge in [0.2, 0.25) is 0 Å². The van der Waals surface area contributed by atoms with Crippen LogP contribution >= 0.6 is 23.2 Å². The molecule has 4 rings (SSSR count). The Labute approximate surface area is 185 Å². The first kappa shape index (κ1) is 21.5. The highest BCUT2D eigenvalue weighted by Gasteiger charge is 2.47. The van der Waals surface area contributed by atoms with Crippen LogP contribution in [0.15, 0.2) is 36.7 Å². The topological polar surface area (TPSA) is 75.1 Å². The number of fused-ring (bicyclic) bond motifs is 1. The highest BCUT2D eigenvalue weighted by atomic mass is 35.5. The quantitative estimate of drug-likeness (QED) is 0.595. The van der Waals surface area contributed by atoms with Crippen molar-refractivity contribution in [1.82, 2.24) is 25.0 Å². The van der Waals surface area contributed by atoms with Crippen molar-refractivity contribution in [3.8, 4) is 0 Å². The number of benzene rings is 1. The summed E-state index contributed by atoms with van der Waals surface area (Å²) in [5, 5.41) is 11.1. The van der Waals surface area contributed by atoms with Crippen molar-refractivity contribution in [2.75, 3.05) is 32.0 Å². The van der Waals surface area contributed by atoms with Crippen LogP contribution in [0.5, 0.6) is 0 Å². The molecule has 2 N–H and O–H groups in total. The van der Waals surface area contributed by atoms with E-state index < -0.39 is 17.4 Å². The van der Waals surface area contributed by atoms with Crippen LogP contribution in [0.3, 0.4) is 0 Å². The fourth-order valence-corrected chi connectivity index (χ4v) is 3.92. The van der Waals surface area contributed by atoms with Crippen LogP contribution < -0.4 is 10.6 Å². The van der Waals surface area contributed by atoms with Gasteiger partial charge in [-0.15, -0.1) is 0 Å². The third-order valence-electron chi connectivity index (χ3n) is 5.18. The van der Waals surface area contributed by atoms with Gasteiger partial charge in [-0.2, -0.15) is 18.3 Å². The summed E-state index contributed by atoms with van der Waals surface area (Å²) in [6, 6.07) is 5.19. The summed E-state index contributed by atoms with van der Waals surface area (Å²) in [6.45, 7) is 0.794. The minimum Gasteiger partial charge on any atom is -0.382 e. The number of anilines is 1. The maximum absolute atomic E-state index is 13.4. The van der Waals surface area contributed by atoms with E-state index in [-0.39, 0.29) is 23.8 Å². The first-order valence-corrected chi connectivity index (χ1v) is 9.96. The van der Waals surface area contributed by atoms with E-state index in [2.05, 4.69) is 20.7 Å². The van der Waals surface area contributed by atoms with Gasteiger partial charge >= 0.3 is 12.2 Å². The number of rotatable bonds is 4. The number of halogens is 5. The molecule has 2 aromatic heterocycles. The van der Waals surface area contributed by atoms with Gasteiger partial charge in [0.1, 0.15) is 11.2 Å². The smallest absolute Gasteiger partial charge is 0.382 e. The summed E-state index contributed by atoms with van der Waals surface area (Å²) in [6.07, 6.45) is -1.52. The largest absolute Gasteiger partial charge is 0.433 e. The van der Waals surface area contributed by atoms with Crippen LogP contribution in [0.2, 0.25) is 10.0 Å². The van der Waals surface area contributed by atoms with Crippen LogP contribution in [-0.2, 0) is 11.7 Å². The number of nitrogens with one attached hydrogen (secondary N) is 2. The Morgan fingerprint density at radius 3 is 2.58 bits per heavy atom. The zero-order valence-electron chi connectivity index (χ0n) is 16.2. The summed E-state index contributed by atoms with van der Waals surface area (Å²) in [5.74, 6) is 0. The lowest BCUT2D eigenvalue weighted by atomic mass is 9.89. The Kier molecular flexibility index (Phi) is 5.38. The number of amides is 2. The van der Waals surface area contributed by atoms with Gasteiger partial charge in [0.05, 0.1) is 29.8 Å². The van der Waals surface area contributed by atoms with Gasteiger partial charge in [-0.1, -0.05) is 23.2 Å². The Morgan fingerprint density at radius 1 is 1.23 bits per heavy atom. The molecule has 1 saturated heterocycles. The number of urea groups is 1. The molecule has 0 atom stereocenters. The average molecular weight is 473 g/mol. The molecule has 2 amide bonds. The molecular formula is C19H17Cl2F3N6O. The predicted octanol–water partition coefficient (Wildman–Crippen LogP) is 4.22. The normalized spacial score (nSPS) is 15.6. The molecule has 1 aromatic carbocycles. The lowest BCUT2D eigenvalue weighted by Crippen LogP contribution is -2.68. The Balaban J connectivity index is 1.69. The van der Waals surface area contributed by atoms with Crippen molar-refractivity contribution in [3.05, 3.63) is 52.4 Å². The molecule has 1 fully saturated rings. The monoisotopic (exact) mass is 472 g/mol. The SMILES string of the molecule is CNC(=O)N1CC(CNc2cc(C(F)(F)F)nc3ccc(Cl)cc23)(n2cc(Cl)cn2)C1. The molecule has 12 heteroatoms. The molecule has 7 nitrogen and oxygen atoms in total. The fraction of sp³-hybridized carbons (Fsp3) is 0.316. The number of carbonyl (C=O) groups excluding carboxylic acids is 1. The maximum Gasteiger partial charge on any atom is 0.433 e. The van der Waals surface area contributed by atoms with Crippen LogP contribution in [0, 0.1) is 0 Å². The van der Waals surface area contributed by atoms with E-state index in [1.54, 1.807) is 21.8 Å². The zero-order valence-corrected chi connectivity index (χ0v) is 17.7. The Hall–Kier alpha value is -2.72. The molecular weight excluding hydrogens is 456 g/mol. The summed E-state index contributed by atoms with van der Waals surface area (Å²) in [7, 11) is 1.52. The van der Waals surface area contributed by atoms with E-state index in [4.69, 9.17) is 23.2 Å². The van der Waals surface area contributed by atoms with Crippen LogP contribution in [-0.4, -0.2) is 52.4 Å². The standard InChI is InChI=1S/C19H17Cl2F3N6O/c1-25-17(31)29-9-18(10-29,30-7-12(21)6-27-30)8-26-15-5-16(19(22,23)24)28-14-3-2-11(20)4-13(14)15/h2-7H,8-10H2,1H3,(H,25,31)(H,26,28). The number of hydrogen-bond donors (Lipinski definition) is 2. The summed E-state index contributed by atoms with van der Waals surface area (Å²) in [5.41, 5.74) is -1.30. The highest BCUT2D eigenvalue weighted by Crippen LogP contribution is 2.36. The summed E-state index contributed by atoms with van der Waals surface area (Å²) < 4.78 is 41.8. The minimum atomic E-state index is -4.61. The predicted molar refractivity (Wildman–Crippen MR) is 111 cm³/mol. The lowest BCUT2D eigenvalue weighted by molar-refractivity contribution is -0.140. The van der Waals surface area contributed by atoms with E-state index in [9.17, 15) is 18.0 Å². The van der Waals surface area contributed by atoms with E-state index in [0.717, 1.165) is 6.07 Å². The number of carbonyl (C=O) groups is 1. The lowest BCUT2D eigenvalue weighted by Gasteiger charge is -2.49. The molecule has 164 valence electrons. The molecule has 3 heterocycles. The number of hydrogen-bond acceptors (Lipinski definition) is 4. The first-order chi connectivity index (χ1) is 14.6. The number of likely N-dealkylation sites (tertiary alicyclic amines) is 1. The van der Waals surface area contributed by atoms with Crippen molar-refractivity contribution >= 4 is 45.8 Å². The van der Waals surface area contributed by atoms with Gasteiger partial charge in [0, 0.05) is 35.9 Å². The van der Waals surface area contributed by atoms with Gasteiger partial charge in [-0.05, 0) is 24.3 Å². The van der Waals surface area contributed by atoms with Gasteiger partial charge in [-0.3, -0.25) is 4.68 Å². The Bertz CT molecular complexity index is 1140. The molecule has 1 aliphatic heterocycles. The van der Waals surface area contributed by atoms with Gasteiger partial charge in [0.25, 0.3) is 0 Å². The zero-order chi connectivity index (χ0) is 22.4. The molecule has 0 bridgehead atoms. The average Bonchev–Trinajstić information content (AvgIpc) is 3.12. The van der Waals surface area contributed by atoms with Gasteiger partial charge < -0.3 is 15.5 Å². The molecule has 0 unspecified atom stereocenters. The highest BCUT2D eigenvalue weighted by molar-refractivity contribution is 6.31. The fourth-order valence-electron chi connectivity index (χ4n) is 3.61. The van der Waals surface area contributed by atoms with E-state index in [1.165, 1.54) is 25.4 Å². The second-order valence-electron chi connectivity index (χ2n) is 7.31. The third kappa shape index (κ3) is 4.09. The molecule has 0 radical (unpaired) electrons. The maximum atomic E-state index is 13.4. The number of pyridine rings is 1. The van der Waals surface area contributed by atoms with Crippen molar-refractivity contribution in [3.63, 3.8) is 0 Å². The van der Waals surface area contributed by atoms with E-state index in [0.29, 0.717) is 28.5 Å². The van der Waals surface area contributed by atoms with Crippen molar-refractivity contribution in [2.45, 2.75) is 11.7 Å². The van der Waals surface area contributed by atoms with Crippen molar-refractivity contribution < 1.29 is 18.0 Å². The number of alkyl halides is 3. The Morgan fingerprint density at radius 2 is 1.97 bits per heavy atom. The van der Waals surface area contributed by atoms with E-state index in [1.807, 2.05) is 0 Å². The second-order valence-corrected chi connectivity index (χ2v) is 8.18. The molecule has 0 spiro atoms. The molecule has 1 aliphatic rings. The molecule has 0 aliphatic carbocycles. The number of aromatic nitrogens is 3. The van der Waals surface area contributed by atoms with Crippen LogP contribution in [0.4, 0.5) is 23.7 Å².